The summed E-state index contributed by atoms with van der Waals surface area (Å²) in [6.45, 7) is 0. The molecule has 0 fully saturated rings. The van der Waals surface area contributed by atoms with Crippen molar-refractivity contribution in [3.8, 4) is 0 Å². The minimum Gasteiger partial charge on any atom is -0.322 e. The number of benzene rings is 2. The number of halogens is 1. The predicted octanol–water partition coefficient (Wildman–Crippen LogP) is 2.74. The molecule has 99 valence electrons. The Morgan fingerprint density at radius 1 is 1.15 bits per heavy atom. The molecule has 1 aliphatic heterocycles. The van der Waals surface area contributed by atoms with Crippen molar-refractivity contribution in [3.05, 3.63) is 64.7 Å². The molecule has 4 nitrogen and oxygen atoms in total. The van der Waals surface area contributed by atoms with Crippen LogP contribution in [0.25, 0.3) is 0 Å². The van der Waals surface area contributed by atoms with E-state index in [0.717, 1.165) is 11.1 Å². The first-order chi connectivity index (χ1) is 9.65. The van der Waals surface area contributed by atoms with Crippen molar-refractivity contribution in [1.82, 2.24) is 5.73 Å². The third kappa shape index (κ3) is 2.31. The Kier molecular flexibility index (Phi) is 3.26. The Hall–Kier alpha value is -2.17. The zero-order chi connectivity index (χ0) is 14.1. The van der Waals surface area contributed by atoms with E-state index < -0.39 is 12.1 Å². The lowest BCUT2D eigenvalue weighted by molar-refractivity contribution is -0.117. The van der Waals surface area contributed by atoms with Gasteiger partial charge in [-0.1, -0.05) is 41.9 Å². The summed E-state index contributed by atoms with van der Waals surface area (Å²) in [4.78, 5) is 16.0. The Balaban J connectivity index is 2.23. The number of fused-ring (bicyclic) bond motifs is 1. The number of nitrogens with zero attached hydrogens (tertiary/aromatic N) is 1. The fourth-order valence-corrected chi connectivity index (χ4v) is 2.28. The Morgan fingerprint density at radius 2 is 1.90 bits per heavy atom. The van der Waals surface area contributed by atoms with E-state index in [2.05, 4.69) is 10.3 Å². The number of nitrogens with one attached hydrogen (secondary N) is 2. The maximum atomic E-state index is 11.8. The molecule has 0 aromatic heterocycles. The van der Waals surface area contributed by atoms with Gasteiger partial charge in [0.1, 0.15) is 0 Å². The van der Waals surface area contributed by atoms with E-state index in [1.165, 1.54) is 0 Å². The fourth-order valence-electron chi connectivity index (χ4n) is 2.11. The van der Waals surface area contributed by atoms with Gasteiger partial charge >= 0.3 is 0 Å². The van der Waals surface area contributed by atoms with Crippen molar-refractivity contribution in [2.24, 2.45) is 4.99 Å². The molecule has 1 unspecified atom stereocenters. The van der Waals surface area contributed by atoms with Gasteiger partial charge in [0.2, 0.25) is 0 Å². The quantitative estimate of drug-likeness (QED) is 0.860. The highest BCUT2D eigenvalue weighted by molar-refractivity contribution is 6.32. The molecule has 0 saturated heterocycles. The monoisotopic (exact) mass is 284 g/mol. The number of benzodiazepines with no additional fused rings is 1. The van der Waals surface area contributed by atoms with Gasteiger partial charge in [-0.05, 0) is 18.2 Å². The maximum absolute atomic E-state index is 11.8. The van der Waals surface area contributed by atoms with Gasteiger partial charge < -0.3 is 5.32 Å². The highest BCUT2D eigenvalue weighted by Gasteiger charge is 2.23. The van der Waals surface area contributed by atoms with E-state index in [9.17, 15) is 4.79 Å². The van der Waals surface area contributed by atoms with Crippen LogP contribution in [0.4, 0.5) is 5.69 Å². The van der Waals surface area contributed by atoms with E-state index >= 15 is 0 Å². The van der Waals surface area contributed by atoms with Crippen molar-refractivity contribution in [1.29, 1.82) is 0 Å². The van der Waals surface area contributed by atoms with Crippen LogP contribution in [-0.2, 0) is 4.79 Å². The molecule has 0 bridgehead atoms. The van der Waals surface area contributed by atoms with Crippen LogP contribution in [0.15, 0.2) is 53.5 Å². The van der Waals surface area contributed by atoms with Gasteiger partial charge in [0.05, 0.1) is 11.4 Å². The average Bonchev–Trinajstić information content (AvgIpc) is 2.58. The molecule has 1 heterocycles. The van der Waals surface area contributed by atoms with Crippen LogP contribution in [0.5, 0.6) is 0 Å². The Morgan fingerprint density at radius 3 is 2.65 bits per heavy atom. The molecular formula is C15H11ClN3O. The standard InChI is InChI=1S/C15H11ClN3O/c16-10-6-7-12-11(8-10)13(9-4-2-1-3-5-9)19-14(17)15(20)18-12/h1-8,14,17H,(H,18,20). The van der Waals surface area contributed by atoms with Crippen LogP contribution in [0.2, 0.25) is 5.02 Å². The highest BCUT2D eigenvalue weighted by Crippen LogP contribution is 2.26. The molecule has 2 aromatic carbocycles. The smallest absolute Gasteiger partial charge is 0.265 e. The second-order valence-corrected chi connectivity index (χ2v) is 4.86. The molecule has 1 radical (unpaired) electrons. The Bertz CT molecular complexity index is 698. The van der Waals surface area contributed by atoms with Crippen molar-refractivity contribution in [2.45, 2.75) is 6.17 Å². The lowest BCUT2D eigenvalue weighted by Gasteiger charge is -2.10. The molecule has 2 N–H and O–H groups in total. The maximum Gasteiger partial charge on any atom is 0.265 e. The summed E-state index contributed by atoms with van der Waals surface area (Å²) in [7, 11) is 0. The number of amides is 1. The normalized spacial score (nSPS) is 17.8. The number of hydrogen-bond acceptors (Lipinski definition) is 2. The SMILES string of the molecule is [NH]C1N=C(c2ccccc2)c2cc(Cl)ccc2NC1=O. The molecule has 1 amide bonds. The van der Waals surface area contributed by atoms with Crippen LogP contribution in [0.3, 0.4) is 0 Å². The van der Waals surface area contributed by atoms with Gasteiger partial charge in [-0.25, -0.2) is 5.73 Å². The van der Waals surface area contributed by atoms with Crippen molar-refractivity contribution in [2.75, 3.05) is 5.32 Å². The average molecular weight is 285 g/mol. The highest BCUT2D eigenvalue weighted by atomic mass is 35.5. The zero-order valence-corrected chi connectivity index (χ0v) is 11.2. The van der Waals surface area contributed by atoms with E-state index in [1.54, 1.807) is 18.2 Å². The number of aliphatic imine (C=N–C) groups is 1. The lowest BCUT2D eigenvalue weighted by Crippen LogP contribution is -2.26. The molecular weight excluding hydrogens is 274 g/mol. The molecule has 0 saturated carbocycles. The van der Waals surface area contributed by atoms with Gasteiger partial charge in [-0.2, -0.15) is 0 Å². The molecule has 0 aliphatic carbocycles. The predicted molar refractivity (Wildman–Crippen MR) is 79.0 cm³/mol. The first kappa shape index (κ1) is 12.8. The largest absolute Gasteiger partial charge is 0.322 e. The molecule has 1 atom stereocenters. The summed E-state index contributed by atoms with van der Waals surface area (Å²) in [6.07, 6.45) is -1.18. The second kappa shape index (κ2) is 5.07. The number of rotatable bonds is 1. The summed E-state index contributed by atoms with van der Waals surface area (Å²) >= 11 is 6.04. The molecule has 0 spiro atoms. The first-order valence-corrected chi connectivity index (χ1v) is 6.48. The number of carbonyl (C=O) groups excluding carboxylic acids is 1. The second-order valence-electron chi connectivity index (χ2n) is 4.43. The van der Waals surface area contributed by atoms with Crippen LogP contribution in [-0.4, -0.2) is 17.8 Å². The number of anilines is 1. The Labute approximate surface area is 121 Å². The van der Waals surface area contributed by atoms with Gasteiger partial charge in [-0.15, -0.1) is 0 Å². The molecule has 1 aliphatic rings. The van der Waals surface area contributed by atoms with Gasteiger partial charge in [0.25, 0.3) is 5.91 Å². The van der Waals surface area contributed by atoms with E-state index in [1.807, 2.05) is 30.3 Å². The minimum absolute atomic E-state index is 0.445. The molecule has 2 aromatic rings. The van der Waals surface area contributed by atoms with Crippen molar-refractivity contribution >= 4 is 28.9 Å². The first-order valence-electron chi connectivity index (χ1n) is 6.10. The summed E-state index contributed by atoms with van der Waals surface area (Å²) < 4.78 is 0. The van der Waals surface area contributed by atoms with E-state index in [-0.39, 0.29) is 0 Å². The minimum atomic E-state index is -1.18. The summed E-state index contributed by atoms with van der Waals surface area (Å²) in [5.41, 5.74) is 10.6. The zero-order valence-electron chi connectivity index (χ0n) is 10.4. The molecule has 5 heteroatoms. The van der Waals surface area contributed by atoms with Crippen molar-refractivity contribution < 1.29 is 4.79 Å². The third-order valence-corrected chi connectivity index (χ3v) is 3.28. The van der Waals surface area contributed by atoms with Crippen LogP contribution in [0.1, 0.15) is 11.1 Å². The number of hydrogen-bond donors (Lipinski definition) is 1. The molecule has 3 rings (SSSR count). The fraction of sp³-hybridized carbons (Fsp3) is 0.0667. The van der Waals surface area contributed by atoms with Gasteiger partial charge in [-0.3, -0.25) is 9.79 Å². The van der Waals surface area contributed by atoms with Crippen LogP contribution in [0, 0.1) is 0 Å². The van der Waals surface area contributed by atoms with Crippen LogP contribution >= 0.6 is 11.6 Å². The molecule has 20 heavy (non-hydrogen) atoms. The van der Waals surface area contributed by atoms with Crippen LogP contribution < -0.4 is 11.1 Å². The van der Waals surface area contributed by atoms with Gasteiger partial charge in [0.15, 0.2) is 6.17 Å². The summed E-state index contributed by atoms with van der Waals surface area (Å²) in [5, 5.41) is 3.26. The lowest BCUT2D eigenvalue weighted by atomic mass is 10.0. The van der Waals surface area contributed by atoms with Crippen molar-refractivity contribution in [3.63, 3.8) is 0 Å². The third-order valence-electron chi connectivity index (χ3n) is 3.05. The summed E-state index contributed by atoms with van der Waals surface area (Å²) in [5.74, 6) is -0.445. The topological polar surface area (TPSA) is 65.3 Å². The van der Waals surface area contributed by atoms with E-state index in [0.29, 0.717) is 16.4 Å². The summed E-state index contributed by atoms with van der Waals surface area (Å²) in [6, 6.07) is 14.7. The van der Waals surface area contributed by atoms with Gasteiger partial charge in [0, 0.05) is 16.1 Å². The number of carbonyl (C=O) groups is 1. The van der Waals surface area contributed by atoms with E-state index in [4.69, 9.17) is 17.3 Å².